The van der Waals surface area contributed by atoms with E-state index in [-0.39, 0.29) is 5.91 Å². The molecule has 1 amide bonds. The van der Waals surface area contributed by atoms with Gasteiger partial charge in [0.15, 0.2) is 0 Å². The van der Waals surface area contributed by atoms with Crippen molar-refractivity contribution in [3.05, 3.63) is 107 Å². The maximum atomic E-state index is 13.3. The molecule has 0 saturated heterocycles. The van der Waals surface area contributed by atoms with Gasteiger partial charge >= 0.3 is 5.97 Å². The SMILES string of the molecule is COC(=O)[C@@H](Cc1ccc(C)cc1)NC(=O)C(c1ccccc1)c1ccccc1. The van der Waals surface area contributed by atoms with E-state index in [1.54, 1.807) is 0 Å². The van der Waals surface area contributed by atoms with E-state index in [1.165, 1.54) is 7.11 Å². The summed E-state index contributed by atoms with van der Waals surface area (Å²) in [6.45, 7) is 2.01. The molecule has 148 valence electrons. The summed E-state index contributed by atoms with van der Waals surface area (Å²) in [5, 5.41) is 2.91. The van der Waals surface area contributed by atoms with Gasteiger partial charge in [0, 0.05) is 6.42 Å². The summed E-state index contributed by atoms with van der Waals surface area (Å²) in [4.78, 5) is 25.7. The molecular weight excluding hydrogens is 362 g/mol. The van der Waals surface area contributed by atoms with Gasteiger partial charge in [-0.3, -0.25) is 4.79 Å². The van der Waals surface area contributed by atoms with Crippen molar-refractivity contribution in [2.45, 2.75) is 25.3 Å². The third-order valence-electron chi connectivity index (χ3n) is 4.89. The van der Waals surface area contributed by atoms with Crippen molar-refractivity contribution in [1.82, 2.24) is 5.32 Å². The molecule has 29 heavy (non-hydrogen) atoms. The topological polar surface area (TPSA) is 55.4 Å². The van der Waals surface area contributed by atoms with Crippen LogP contribution in [-0.2, 0) is 20.7 Å². The summed E-state index contributed by atoms with van der Waals surface area (Å²) >= 11 is 0. The van der Waals surface area contributed by atoms with Crippen LogP contribution in [0.25, 0.3) is 0 Å². The Hall–Kier alpha value is -3.40. The molecule has 0 saturated carbocycles. The monoisotopic (exact) mass is 387 g/mol. The molecule has 3 aromatic rings. The average molecular weight is 387 g/mol. The van der Waals surface area contributed by atoms with Gasteiger partial charge in [-0.1, -0.05) is 90.5 Å². The molecule has 3 aromatic carbocycles. The minimum Gasteiger partial charge on any atom is -0.467 e. The van der Waals surface area contributed by atoms with E-state index in [1.807, 2.05) is 91.9 Å². The molecule has 0 aliphatic rings. The van der Waals surface area contributed by atoms with Gasteiger partial charge in [-0.15, -0.1) is 0 Å². The first kappa shape index (κ1) is 20.3. The number of esters is 1. The van der Waals surface area contributed by atoms with Gasteiger partial charge in [-0.2, -0.15) is 0 Å². The number of carbonyl (C=O) groups excluding carboxylic acids is 2. The van der Waals surface area contributed by atoms with Crippen molar-refractivity contribution >= 4 is 11.9 Å². The molecule has 4 nitrogen and oxygen atoms in total. The van der Waals surface area contributed by atoms with Gasteiger partial charge in [0.05, 0.1) is 13.0 Å². The Labute approximate surface area is 171 Å². The fourth-order valence-corrected chi connectivity index (χ4v) is 3.34. The maximum absolute atomic E-state index is 13.3. The molecule has 0 bridgehead atoms. The molecule has 0 aliphatic heterocycles. The Morgan fingerprint density at radius 2 is 1.34 bits per heavy atom. The number of rotatable bonds is 7. The standard InChI is InChI=1S/C25H25NO3/c1-18-13-15-19(16-14-18)17-22(25(28)29-2)26-24(27)23(20-9-5-3-6-10-20)21-11-7-4-8-12-21/h3-16,22-23H,17H2,1-2H3,(H,26,27)/t22-/m1/s1. The van der Waals surface area contributed by atoms with Crippen LogP contribution >= 0.6 is 0 Å². The summed E-state index contributed by atoms with van der Waals surface area (Å²) in [5.41, 5.74) is 3.84. The van der Waals surface area contributed by atoms with Gasteiger partial charge in [0.1, 0.15) is 6.04 Å². The molecule has 0 heterocycles. The summed E-state index contributed by atoms with van der Waals surface area (Å²) < 4.78 is 4.95. The fourth-order valence-electron chi connectivity index (χ4n) is 3.34. The third-order valence-corrected chi connectivity index (χ3v) is 4.89. The number of amides is 1. The van der Waals surface area contributed by atoms with Crippen LogP contribution < -0.4 is 5.32 Å². The van der Waals surface area contributed by atoms with Crippen LogP contribution in [0, 0.1) is 6.92 Å². The fraction of sp³-hybridized carbons (Fsp3) is 0.200. The summed E-state index contributed by atoms with van der Waals surface area (Å²) in [6.07, 6.45) is 0.370. The van der Waals surface area contributed by atoms with Crippen molar-refractivity contribution in [2.75, 3.05) is 7.11 Å². The molecule has 0 spiro atoms. The van der Waals surface area contributed by atoms with Crippen molar-refractivity contribution in [1.29, 1.82) is 0 Å². The van der Waals surface area contributed by atoms with Crippen molar-refractivity contribution in [3.8, 4) is 0 Å². The normalized spacial score (nSPS) is 11.7. The van der Waals surface area contributed by atoms with Crippen LogP contribution in [0.2, 0.25) is 0 Å². The van der Waals surface area contributed by atoms with Gasteiger partial charge < -0.3 is 10.1 Å². The Morgan fingerprint density at radius 3 is 1.83 bits per heavy atom. The number of hydrogen-bond donors (Lipinski definition) is 1. The van der Waals surface area contributed by atoms with Crippen molar-refractivity contribution in [3.63, 3.8) is 0 Å². The van der Waals surface area contributed by atoms with E-state index in [4.69, 9.17) is 4.74 Å². The van der Waals surface area contributed by atoms with Crippen LogP contribution in [0.15, 0.2) is 84.9 Å². The second kappa shape index (κ2) is 9.69. The lowest BCUT2D eigenvalue weighted by Crippen LogP contribution is -2.45. The highest BCUT2D eigenvalue weighted by molar-refractivity contribution is 5.91. The molecule has 0 radical (unpaired) electrons. The average Bonchev–Trinajstić information content (AvgIpc) is 2.76. The second-order valence-corrected chi connectivity index (χ2v) is 7.03. The first-order chi connectivity index (χ1) is 14.1. The molecule has 4 heteroatoms. The Bertz CT molecular complexity index is 897. The summed E-state index contributed by atoms with van der Waals surface area (Å²) in [5.74, 6) is -1.20. The van der Waals surface area contributed by atoms with Gasteiger partial charge in [0.2, 0.25) is 5.91 Å². The van der Waals surface area contributed by atoms with E-state index in [0.717, 1.165) is 22.3 Å². The number of ether oxygens (including phenoxy) is 1. The van der Waals surface area contributed by atoms with Crippen molar-refractivity contribution in [2.24, 2.45) is 0 Å². The van der Waals surface area contributed by atoms with Gasteiger partial charge in [0.25, 0.3) is 0 Å². The predicted molar refractivity (Wildman–Crippen MR) is 114 cm³/mol. The number of benzene rings is 3. The highest BCUT2D eigenvalue weighted by atomic mass is 16.5. The van der Waals surface area contributed by atoms with Gasteiger partial charge in [-0.05, 0) is 23.6 Å². The van der Waals surface area contributed by atoms with Crippen LogP contribution in [0.5, 0.6) is 0 Å². The van der Waals surface area contributed by atoms with E-state index in [2.05, 4.69) is 5.32 Å². The van der Waals surface area contributed by atoms with Crippen LogP contribution in [0.3, 0.4) is 0 Å². The quantitative estimate of drug-likeness (QED) is 0.623. The first-order valence-corrected chi connectivity index (χ1v) is 9.62. The van der Waals surface area contributed by atoms with E-state index in [9.17, 15) is 9.59 Å². The highest BCUT2D eigenvalue weighted by Gasteiger charge is 2.28. The summed E-state index contributed by atoms with van der Waals surface area (Å²) in [7, 11) is 1.34. The third kappa shape index (κ3) is 5.32. The van der Waals surface area contributed by atoms with Crippen molar-refractivity contribution < 1.29 is 14.3 Å². The number of aryl methyl sites for hydroxylation is 1. The number of hydrogen-bond acceptors (Lipinski definition) is 3. The molecule has 0 unspecified atom stereocenters. The first-order valence-electron chi connectivity index (χ1n) is 9.62. The van der Waals surface area contributed by atoms with Crippen LogP contribution in [-0.4, -0.2) is 25.0 Å². The molecule has 1 atom stereocenters. The van der Waals surface area contributed by atoms with Gasteiger partial charge in [-0.25, -0.2) is 4.79 Å². The number of nitrogens with one attached hydrogen (secondary N) is 1. The molecule has 1 N–H and O–H groups in total. The molecule has 0 aromatic heterocycles. The highest BCUT2D eigenvalue weighted by Crippen LogP contribution is 2.25. The Balaban J connectivity index is 1.87. The largest absolute Gasteiger partial charge is 0.467 e. The lowest BCUT2D eigenvalue weighted by Gasteiger charge is -2.22. The summed E-state index contributed by atoms with van der Waals surface area (Å²) in [6, 6.07) is 26.3. The lowest BCUT2D eigenvalue weighted by atomic mass is 9.90. The molecule has 0 fully saturated rings. The van der Waals surface area contributed by atoms with Crippen LogP contribution in [0.4, 0.5) is 0 Å². The smallest absolute Gasteiger partial charge is 0.328 e. The number of methoxy groups -OCH3 is 1. The second-order valence-electron chi connectivity index (χ2n) is 7.03. The minimum atomic E-state index is -0.759. The van der Waals surface area contributed by atoms with E-state index < -0.39 is 17.9 Å². The minimum absolute atomic E-state index is 0.232. The lowest BCUT2D eigenvalue weighted by molar-refractivity contribution is -0.145. The Morgan fingerprint density at radius 1 is 0.828 bits per heavy atom. The van der Waals surface area contributed by atoms with Crippen LogP contribution in [0.1, 0.15) is 28.2 Å². The maximum Gasteiger partial charge on any atom is 0.328 e. The van der Waals surface area contributed by atoms with E-state index >= 15 is 0 Å². The van der Waals surface area contributed by atoms with E-state index in [0.29, 0.717) is 6.42 Å². The molecule has 3 rings (SSSR count). The Kier molecular flexibility index (Phi) is 6.80. The molecule has 0 aliphatic carbocycles. The zero-order valence-electron chi connectivity index (χ0n) is 16.7. The predicted octanol–water partition coefficient (Wildman–Crippen LogP) is 4.03. The molecular formula is C25H25NO3. The zero-order valence-corrected chi connectivity index (χ0v) is 16.7. The number of carbonyl (C=O) groups is 2. The zero-order chi connectivity index (χ0) is 20.6.